The van der Waals surface area contributed by atoms with E-state index < -0.39 is 0 Å². The van der Waals surface area contributed by atoms with Crippen molar-refractivity contribution in [3.05, 3.63) is 47.9 Å². The first-order valence-electron chi connectivity index (χ1n) is 8.73. The van der Waals surface area contributed by atoms with Crippen molar-refractivity contribution < 1.29 is 18.6 Å². The highest BCUT2D eigenvalue weighted by molar-refractivity contribution is 6.35. The molecule has 3 heterocycles. The number of furan rings is 1. The van der Waals surface area contributed by atoms with E-state index in [-0.39, 0.29) is 6.10 Å². The molecule has 1 N–H and O–H groups in total. The number of anilines is 2. The van der Waals surface area contributed by atoms with Gasteiger partial charge in [-0.15, -0.1) is 0 Å². The van der Waals surface area contributed by atoms with E-state index in [0.29, 0.717) is 45.7 Å². The van der Waals surface area contributed by atoms with Crippen molar-refractivity contribution in [1.29, 1.82) is 0 Å². The van der Waals surface area contributed by atoms with E-state index in [1.807, 2.05) is 30.3 Å². The van der Waals surface area contributed by atoms with Crippen LogP contribution in [0.1, 0.15) is 0 Å². The minimum absolute atomic E-state index is 0.152. The maximum absolute atomic E-state index is 6.40. The molecule has 1 atom stereocenters. The number of hydrogen-bond acceptors (Lipinski definition) is 7. The fourth-order valence-electron chi connectivity index (χ4n) is 3.03. The largest absolute Gasteiger partial charge is 0.493 e. The number of ether oxygens (including phenoxy) is 3. The summed E-state index contributed by atoms with van der Waals surface area (Å²) in [5.41, 5.74) is 2.03. The molecule has 28 heavy (non-hydrogen) atoms. The van der Waals surface area contributed by atoms with Crippen LogP contribution in [-0.4, -0.2) is 36.4 Å². The standard InChI is InChI=1S/C20H16ClN3O4/c1-25-16-6-13-15(7-17(16)28-9-12-8-27-12)22-10-23-20(13)24-18-14(21)3-2-11-4-5-26-19(11)18/h2-7,10,12H,8-9H2,1H3,(H,22,23,24)/t12-/m1/s1. The summed E-state index contributed by atoms with van der Waals surface area (Å²) in [5.74, 6) is 1.79. The van der Waals surface area contributed by atoms with Crippen LogP contribution in [0.5, 0.6) is 11.5 Å². The summed E-state index contributed by atoms with van der Waals surface area (Å²) in [6.45, 7) is 1.21. The molecular formula is C20H16ClN3O4. The number of aromatic nitrogens is 2. The molecule has 0 radical (unpaired) electrons. The number of benzene rings is 2. The van der Waals surface area contributed by atoms with E-state index in [1.54, 1.807) is 13.4 Å². The van der Waals surface area contributed by atoms with E-state index in [2.05, 4.69) is 15.3 Å². The van der Waals surface area contributed by atoms with E-state index in [1.165, 1.54) is 6.33 Å². The summed E-state index contributed by atoms with van der Waals surface area (Å²) in [6.07, 6.45) is 3.26. The van der Waals surface area contributed by atoms with Crippen molar-refractivity contribution in [3.8, 4) is 11.5 Å². The van der Waals surface area contributed by atoms with Crippen LogP contribution in [0.3, 0.4) is 0 Å². The molecule has 2 aromatic carbocycles. The lowest BCUT2D eigenvalue weighted by Crippen LogP contribution is -2.05. The topological polar surface area (TPSA) is 81.9 Å². The Hall–Kier alpha value is -3.03. The van der Waals surface area contributed by atoms with Gasteiger partial charge < -0.3 is 23.9 Å². The Bertz CT molecular complexity index is 1170. The highest BCUT2D eigenvalue weighted by Crippen LogP contribution is 2.38. The van der Waals surface area contributed by atoms with Gasteiger partial charge in [0.05, 0.1) is 30.5 Å². The maximum atomic E-state index is 6.40. The molecule has 0 unspecified atom stereocenters. The lowest BCUT2D eigenvalue weighted by molar-refractivity contribution is 0.252. The predicted octanol–water partition coefficient (Wildman–Crippen LogP) is 4.56. The van der Waals surface area contributed by atoms with Crippen LogP contribution in [0.2, 0.25) is 5.02 Å². The third kappa shape index (κ3) is 3.08. The van der Waals surface area contributed by atoms with Crippen molar-refractivity contribution in [2.45, 2.75) is 6.10 Å². The highest BCUT2D eigenvalue weighted by atomic mass is 35.5. The Morgan fingerprint density at radius 2 is 2.11 bits per heavy atom. The number of rotatable bonds is 6. The van der Waals surface area contributed by atoms with Gasteiger partial charge >= 0.3 is 0 Å². The first kappa shape index (κ1) is 17.1. The molecule has 0 aliphatic carbocycles. The zero-order valence-corrected chi connectivity index (χ0v) is 15.7. The Morgan fingerprint density at radius 1 is 1.21 bits per heavy atom. The third-order valence-electron chi connectivity index (χ3n) is 4.56. The lowest BCUT2D eigenvalue weighted by Gasteiger charge is -2.14. The minimum Gasteiger partial charge on any atom is -0.493 e. The van der Waals surface area contributed by atoms with Gasteiger partial charge in [-0.2, -0.15) is 0 Å². The maximum Gasteiger partial charge on any atom is 0.163 e. The monoisotopic (exact) mass is 397 g/mol. The van der Waals surface area contributed by atoms with Gasteiger partial charge in [0.1, 0.15) is 30.5 Å². The van der Waals surface area contributed by atoms with Crippen molar-refractivity contribution in [1.82, 2.24) is 9.97 Å². The Morgan fingerprint density at radius 3 is 2.93 bits per heavy atom. The van der Waals surface area contributed by atoms with Gasteiger partial charge in [-0.3, -0.25) is 0 Å². The van der Waals surface area contributed by atoms with E-state index in [0.717, 1.165) is 17.4 Å². The molecule has 0 spiro atoms. The number of methoxy groups -OCH3 is 1. The van der Waals surface area contributed by atoms with Crippen LogP contribution in [-0.2, 0) is 4.74 Å². The number of halogens is 1. The molecule has 1 fully saturated rings. The third-order valence-corrected chi connectivity index (χ3v) is 4.88. The van der Waals surface area contributed by atoms with Crippen molar-refractivity contribution >= 4 is 45.0 Å². The van der Waals surface area contributed by atoms with Crippen LogP contribution in [0, 0.1) is 0 Å². The number of fused-ring (bicyclic) bond motifs is 2. The van der Waals surface area contributed by atoms with Gasteiger partial charge in [0, 0.05) is 16.8 Å². The van der Waals surface area contributed by atoms with E-state index >= 15 is 0 Å². The number of hydrogen-bond donors (Lipinski definition) is 1. The van der Waals surface area contributed by atoms with Gasteiger partial charge in [-0.05, 0) is 24.3 Å². The van der Waals surface area contributed by atoms with Crippen LogP contribution in [0.15, 0.2) is 47.3 Å². The second kappa shape index (κ2) is 6.85. The molecule has 0 amide bonds. The summed E-state index contributed by atoms with van der Waals surface area (Å²) in [4.78, 5) is 8.75. The molecule has 142 valence electrons. The average Bonchev–Trinajstić information content (AvgIpc) is 3.42. The molecule has 7 nitrogen and oxygen atoms in total. The predicted molar refractivity (Wildman–Crippen MR) is 106 cm³/mol. The van der Waals surface area contributed by atoms with Crippen LogP contribution in [0.25, 0.3) is 21.9 Å². The van der Waals surface area contributed by atoms with Gasteiger partial charge in [0.15, 0.2) is 17.1 Å². The fraction of sp³-hybridized carbons (Fsp3) is 0.200. The molecule has 5 rings (SSSR count). The zero-order valence-electron chi connectivity index (χ0n) is 14.9. The normalized spacial score (nSPS) is 15.7. The van der Waals surface area contributed by atoms with Gasteiger partial charge in [-0.25, -0.2) is 9.97 Å². The van der Waals surface area contributed by atoms with Crippen LogP contribution in [0.4, 0.5) is 11.5 Å². The van der Waals surface area contributed by atoms with Gasteiger partial charge in [-0.1, -0.05) is 11.6 Å². The second-order valence-electron chi connectivity index (χ2n) is 6.40. The van der Waals surface area contributed by atoms with Crippen molar-refractivity contribution in [2.24, 2.45) is 0 Å². The van der Waals surface area contributed by atoms with Crippen molar-refractivity contribution in [3.63, 3.8) is 0 Å². The van der Waals surface area contributed by atoms with Crippen LogP contribution < -0.4 is 14.8 Å². The Balaban J connectivity index is 1.57. The Kier molecular flexibility index (Phi) is 4.18. The Labute approximate surface area is 165 Å². The number of epoxide rings is 1. The molecule has 1 saturated heterocycles. The molecule has 4 aromatic rings. The summed E-state index contributed by atoms with van der Waals surface area (Å²) in [7, 11) is 1.60. The molecule has 0 bridgehead atoms. The zero-order chi connectivity index (χ0) is 19.1. The second-order valence-corrected chi connectivity index (χ2v) is 6.80. The molecule has 1 aliphatic rings. The number of nitrogens with one attached hydrogen (secondary N) is 1. The quantitative estimate of drug-likeness (QED) is 0.477. The van der Waals surface area contributed by atoms with Crippen LogP contribution >= 0.6 is 11.6 Å². The number of nitrogens with zero attached hydrogens (tertiary/aromatic N) is 2. The summed E-state index contributed by atoms with van der Waals surface area (Å²) in [6, 6.07) is 9.28. The first-order chi connectivity index (χ1) is 13.7. The van der Waals surface area contributed by atoms with E-state index in [9.17, 15) is 0 Å². The first-order valence-corrected chi connectivity index (χ1v) is 9.10. The summed E-state index contributed by atoms with van der Waals surface area (Å²) in [5, 5.41) is 5.53. The average molecular weight is 398 g/mol. The summed E-state index contributed by atoms with van der Waals surface area (Å²) >= 11 is 6.40. The molecule has 1 aliphatic heterocycles. The smallest absolute Gasteiger partial charge is 0.163 e. The SMILES string of the molecule is COc1cc2c(Nc3c(Cl)ccc4ccoc34)ncnc2cc1OC[C@H]1CO1. The fourth-order valence-corrected chi connectivity index (χ4v) is 3.22. The highest BCUT2D eigenvalue weighted by Gasteiger charge is 2.24. The van der Waals surface area contributed by atoms with Crippen molar-refractivity contribution in [2.75, 3.05) is 25.6 Å². The van der Waals surface area contributed by atoms with Gasteiger partial charge in [0.2, 0.25) is 0 Å². The molecule has 8 heteroatoms. The van der Waals surface area contributed by atoms with Gasteiger partial charge in [0.25, 0.3) is 0 Å². The summed E-state index contributed by atoms with van der Waals surface area (Å²) < 4.78 is 22.1. The minimum atomic E-state index is 0.152. The van der Waals surface area contributed by atoms with E-state index in [4.69, 9.17) is 30.2 Å². The lowest BCUT2D eigenvalue weighted by atomic mass is 10.2. The molecule has 2 aromatic heterocycles. The molecule has 0 saturated carbocycles. The molecular weight excluding hydrogens is 382 g/mol.